The lowest BCUT2D eigenvalue weighted by atomic mass is 10.00. The fourth-order valence-electron chi connectivity index (χ4n) is 2.15. The van der Waals surface area contributed by atoms with Crippen LogP contribution in [-0.4, -0.2) is 30.6 Å². The first-order chi connectivity index (χ1) is 7.65. The van der Waals surface area contributed by atoms with Crippen LogP contribution in [-0.2, 0) is 0 Å². The Kier molecular flexibility index (Phi) is 3.45. The lowest BCUT2D eigenvalue weighted by Crippen LogP contribution is -2.40. The minimum Gasteiger partial charge on any atom is -0.394 e. The molecule has 0 aliphatic carbocycles. The van der Waals surface area contributed by atoms with Crippen LogP contribution in [0.4, 0.5) is 5.69 Å². The molecule has 1 heterocycles. The first-order valence-corrected chi connectivity index (χ1v) is 6.73. The quantitative estimate of drug-likeness (QED) is 0.855. The van der Waals surface area contributed by atoms with E-state index < -0.39 is 0 Å². The maximum atomic E-state index is 9.36. The largest absolute Gasteiger partial charge is 0.394 e. The van der Waals surface area contributed by atoms with Crippen LogP contribution in [0.5, 0.6) is 0 Å². The predicted molar refractivity (Wildman–Crippen MR) is 70.5 cm³/mol. The van der Waals surface area contributed by atoms with E-state index in [1.165, 1.54) is 16.1 Å². The molecule has 0 saturated heterocycles. The highest BCUT2D eigenvalue weighted by Crippen LogP contribution is 2.41. The Morgan fingerprint density at radius 3 is 2.88 bits per heavy atom. The number of rotatable bonds is 2. The average molecular weight is 237 g/mol. The molecular weight excluding hydrogens is 218 g/mol. The van der Waals surface area contributed by atoms with Crippen molar-refractivity contribution >= 4 is 17.4 Å². The molecule has 88 valence electrons. The number of benzene rings is 1. The van der Waals surface area contributed by atoms with Gasteiger partial charge in [0.05, 0.1) is 18.3 Å². The molecule has 2 nitrogen and oxygen atoms in total. The van der Waals surface area contributed by atoms with Crippen molar-refractivity contribution < 1.29 is 5.11 Å². The van der Waals surface area contributed by atoms with Gasteiger partial charge in [-0.1, -0.05) is 26.0 Å². The number of hydrogen-bond acceptors (Lipinski definition) is 3. The maximum absolute atomic E-state index is 9.36. The van der Waals surface area contributed by atoms with Gasteiger partial charge in [-0.05, 0) is 17.5 Å². The molecule has 1 aromatic carbocycles. The molecule has 0 saturated carbocycles. The zero-order chi connectivity index (χ0) is 11.7. The van der Waals surface area contributed by atoms with E-state index in [0.717, 1.165) is 5.75 Å². The second-order valence-corrected chi connectivity index (χ2v) is 5.67. The van der Waals surface area contributed by atoms with E-state index in [9.17, 15) is 5.11 Å². The van der Waals surface area contributed by atoms with Gasteiger partial charge in [-0.15, -0.1) is 11.8 Å². The third-order valence-corrected chi connectivity index (χ3v) is 4.39. The van der Waals surface area contributed by atoms with Gasteiger partial charge in [0.15, 0.2) is 0 Å². The van der Waals surface area contributed by atoms with E-state index in [2.05, 4.69) is 44.0 Å². The molecule has 1 aliphatic rings. The second kappa shape index (κ2) is 4.68. The van der Waals surface area contributed by atoms with E-state index in [-0.39, 0.29) is 12.6 Å². The summed E-state index contributed by atoms with van der Waals surface area (Å²) in [5.41, 5.74) is 2.69. The van der Waals surface area contributed by atoms with Gasteiger partial charge in [0.2, 0.25) is 0 Å². The summed E-state index contributed by atoms with van der Waals surface area (Å²) in [4.78, 5) is 3.58. The third kappa shape index (κ3) is 1.94. The number of para-hydroxylation sites is 1. The zero-order valence-corrected chi connectivity index (χ0v) is 10.9. The first kappa shape index (κ1) is 11.8. The van der Waals surface area contributed by atoms with Crippen molar-refractivity contribution in [2.45, 2.75) is 30.7 Å². The van der Waals surface area contributed by atoms with Crippen molar-refractivity contribution in [2.75, 3.05) is 24.3 Å². The van der Waals surface area contributed by atoms with Gasteiger partial charge in [-0.2, -0.15) is 0 Å². The molecule has 0 aromatic heterocycles. The van der Waals surface area contributed by atoms with Crippen molar-refractivity contribution in [3.63, 3.8) is 0 Å². The SMILES string of the molecule is CC(C)c1cccc2c1N(C)C(CO)CS2. The highest BCUT2D eigenvalue weighted by Gasteiger charge is 2.26. The number of fused-ring (bicyclic) bond motifs is 1. The van der Waals surface area contributed by atoms with Gasteiger partial charge < -0.3 is 10.0 Å². The summed E-state index contributed by atoms with van der Waals surface area (Å²) in [6.07, 6.45) is 0. The maximum Gasteiger partial charge on any atom is 0.0643 e. The van der Waals surface area contributed by atoms with Crippen molar-refractivity contribution in [1.29, 1.82) is 0 Å². The summed E-state index contributed by atoms with van der Waals surface area (Å²) in [5, 5.41) is 9.36. The Balaban J connectivity index is 2.47. The second-order valence-electron chi connectivity index (χ2n) is 4.61. The Bertz CT molecular complexity index is 378. The molecule has 0 fully saturated rings. The lowest BCUT2D eigenvalue weighted by molar-refractivity contribution is 0.271. The van der Waals surface area contributed by atoms with E-state index in [1.807, 2.05) is 11.8 Å². The topological polar surface area (TPSA) is 23.5 Å². The molecule has 1 aromatic rings. The zero-order valence-electron chi connectivity index (χ0n) is 10.1. The fraction of sp³-hybridized carbons (Fsp3) is 0.538. The van der Waals surface area contributed by atoms with Crippen molar-refractivity contribution in [1.82, 2.24) is 0 Å². The summed E-state index contributed by atoms with van der Waals surface area (Å²) < 4.78 is 0. The minimum atomic E-state index is 0.232. The Morgan fingerprint density at radius 2 is 2.25 bits per heavy atom. The van der Waals surface area contributed by atoms with Crippen LogP contribution in [0, 0.1) is 0 Å². The Morgan fingerprint density at radius 1 is 1.50 bits per heavy atom. The molecule has 16 heavy (non-hydrogen) atoms. The standard InChI is InChI=1S/C13H19NOS/c1-9(2)11-5-4-6-12-13(11)14(3)10(7-15)8-16-12/h4-6,9-10,15H,7-8H2,1-3H3. The smallest absolute Gasteiger partial charge is 0.0643 e. The van der Waals surface area contributed by atoms with Gasteiger partial charge >= 0.3 is 0 Å². The van der Waals surface area contributed by atoms with Gasteiger partial charge in [0.25, 0.3) is 0 Å². The number of aliphatic hydroxyl groups is 1. The molecule has 0 bridgehead atoms. The van der Waals surface area contributed by atoms with Crippen LogP contribution in [0.1, 0.15) is 25.3 Å². The number of hydrogen-bond donors (Lipinski definition) is 1. The Labute approximate surface area is 102 Å². The van der Waals surface area contributed by atoms with Crippen molar-refractivity contribution in [3.8, 4) is 0 Å². The molecule has 1 aliphatic heterocycles. The summed E-state index contributed by atoms with van der Waals surface area (Å²) >= 11 is 1.86. The number of nitrogens with zero attached hydrogens (tertiary/aromatic N) is 1. The van der Waals surface area contributed by atoms with Crippen LogP contribution in [0.25, 0.3) is 0 Å². The number of aliphatic hydroxyl groups excluding tert-OH is 1. The normalized spacial score (nSPS) is 20.1. The monoisotopic (exact) mass is 237 g/mol. The molecule has 1 N–H and O–H groups in total. The van der Waals surface area contributed by atoms with Gasteiger partial charge in [0, 0.05) is 17.7 Å². The fourth-order valence-corrected chi connectivity index (χ4v) is 3.43. The van der Waals surface area contributed by atoms with Crippen LogP contribution >= 0.6 is 11.8 Å². The van der Waals surface area contributed by atoms with Crippen LogP contribution in [0.15, 0.2) is 23.1 Å². The Hall–Kier alpha value is -0.670. The van der Waals surface area contributed by atoms with Gasteiger partial charge in [0.1, 0.15) is 0 Å². The van der Waals surface area contributed by atoms with Crippen molar-refractivity contribution in [3.05, 3.63) is 23.8 Å². The number of likely N-dealkylation sites (N-methyl/N-ethyl adjacent to an activating group) is 1. The summed E-state index contributed by atoms with van der Waals surface area (Å²) in [6, 6.07) is 6.75. The van der Waals surface area contributed by atoms with Crippen LogP contribution in [0.3, 0.4) is 0 Å². The van der Waals surface area contributed by atoms with E-state index in [4.69, 9.17) is 0 Å². The highest BCUT2D eigenvalue weighted by atomic mass is 32.2. The third-order valence-electron chi connectivity index (χ3n) is 3.19. The first-order valence-electron chi connectivity index (χ1n) is 5.74. The average Bonchev–Trinajstić information content (AvgIpc) is 2.29. The summed E-state index contributed by atoms with van der Waals surface area (Å²) in [6.45, 7) is 4.67. The van der Waals surface area contributed by atoms with Gasteiger partial charge in [-0.3, -0.25) is 0 Å². The van der Waals surface area contributed by atoms with E-state index >= 15 is 0 Å². The number of thioether (sulfide) groups is 1. The van der Waals surface area contributed by atoms with Crippen LogP contribution < -0.4 is 4.90 Å². The van der Waals surface area contributed by atoms with E-state index in [0.29, 0.717) is 5.92 Å². The molecule has 1 unspecified atom stereocenters. The highest BCUT2D eigenvalue weighted by molar-refractivity contribution is 7.99. The molecule has 1 atom stereocenters. The summed E-state index contributed by atoms with van der Waals surface area (Å²) in [7, 11) is 2.09. The molecular formula is C13H19NOS. The molecule has 2 rings (SSSR count). The molecule has 0 amide bonds. The molecule has 3 heteroatoms. The molecule has 0 spiro atoms. The van der Waals surface area contributed by atoms with Gasteiger partial charge in [-0.25, -0.2) is 0 Å². The summed E-state index contributed by atoms with van der Waals surface area (Å²) in [5.74, 6) is 1.50. The lowest BCUT2D eigenvalue weighted by Gasteiger charge is -2.36. The van der Waals surface area contributed by atoms with Crippen LogP contribution in [0.2, 0.25) is 0 Å². The minimum absolute atomic E-state index is 0.232. The molecule has 0 radical (unpaired) electrons. The van der Waals surface area contributed by atoms with E-state index in [1.54, 1.807) is 0 Å². The number of anilines is 1. The van der Waals surface area contributed by atoms with Crippen molar-refractivity contribution in [2.24, 2.45) is 0 Å². The predicted octanol–water partition coefficient (Wildman–Crippen LogP) is 2.71.